The van der Waals surface area contributed by atoms with E-state index in [0.717, 1.165) is 58.7 Å². The van der Waals surface area contributed by atoms with Crippen LogP contribution < -0.4 is 10.6 Å². The summed E-state index contributed by atoms with van der Waals surface area (Å²) < 4.78 is 5.96. The molecule has 6 nitrogen and oxygen atoms in total. The molecular weight excluding hydrogens is 436 g/mol. The molecule has 0 saturated heterocycles. The molecule has 0 bridgehead atoms. The van der Waals surface area contributed by atoms with Crippen molar-refractivity contribution in [2.24, 2.45) is 0 Å². The summed E-state index contributed by atoms with van der Waals surface area (Å²) in [7, 11) is 1.79. The molecule has 4 aromatic rings. The van der Waals surface area contributed by atoms with Crippen LogP contribution >= 0.6 is 0 Å². The molecule has 0 spiro atoms. The number of aromatic nitrogens is 1. The summed E-state index contributed by atoms with van der Waals surface area (Å²) >= 11 is 0. The summed E-state index contributed by atoms with van der Waals surface area (Å²) in [5, 5.41) is 8.18. The highest BCUT2D eigenvalue weighted by Gasteiger charge is 2.17. The van der Waals surface area contributed by atoms with E-state index in [0.29, 0.717) is 12.6 Å². The lowest BCUT2D eigenvalue weighted by molar-refractivity contribution is -0.125. The minimum atomic E-state index is -0.0843. The Morgan fingerprint density at radius 1 is 1.17 bits per heavy atom. The highest BCUT2D eigenvalue weighted by molar-refractivity contribution is 5.91. The number of benzene rings is 2. The summed E-state index contributed by atoms with van der Waals surface area (Å²) in [6.45, 7) is 3.99. The number of furan rings is 1. The van der Waals surface area contributed by atoms with Crippen LogP contribution in [0.5, 0.6) is 0 Å². The van der Waals surface area contributed by atoms with E-state index in [1.54, 1.807) is 24.2 Å². The van der Waals surface area contributed by atoms with Crippen molar-refractivity contribution in [2.75, 3.05) is 18.9 Å². The molecule has 0 saturated carbocycles. The van der Waals surface area contributed by atoms with Crippen molar-refractivity contribution in [3.05, 3.63) is 101 Å². The van der Waals surface area contributed by atoms with Crippen LogP contribution in [0.25, 0.3) is 17.0 Å². The summed E-state index contributed by atoms with van der Waals surface area (Å²) in [5.41, 5.74) is 5.23. The molecule has 5 rings (SSSR count). The van der Waals surface area contributed by atoms with E-state index in [-0.39, 0.29) is 5.91 Å². The van der Waals surface area contributed by atoms with E-state index in [1.165, 1.54) is 5.56 Å². The van der Waals surface area contributed by atoms with Gasteiger partial charge in [0.2, 0.25) is 5.91 Å². The zero-order valence-corrected chi connectivity index (χ0v) is 20.1. The zero-order chi connectivity index (χ0) is 24.2. The number of carbonyl (C=O) groups is 1. The predicted octanol–water partition coefficient (Wildman–Crippen LogP) is 4.93. The van der Waals surface area contributed by atoms with Crippen molar-refractivity contribution in [3.8, 4) is 0 Å². The monoisotopic (exact) mass is 466 g/mol. The van der Waals surface area contributed by atoms with Crippen LogP contribution in [0.1, 0.15) is 28.0 Å². The Balaban J connectivity index is 1.21. The maximum atomic E-state index is 12.8. The number of amides is 1. The second kappa shape index (κ2) is 10.2. The summed E-state index contributed by atoms with van der Waals surface area (Å²) in [5.74, 6) is 1.62. The number of aryl methyl sites for hydroxylation is 1. The minimum absolute atomic E-state index is 0.0843. The summed E-state index contributed by atoms with van der Waals surface area (Å²) in [6.07, 6.45) is 6.18. The average Bonchev–Trinajstić information content (AvgIpc) is 3.06. The van der Waals surface area contributed by atoms with Gasteiger partial charge in [0.25, 0.3) is 0 Å². The van der Waals surface area contributed by atoms with E-state index in [1.807, 2.05) is 43.3 Å². The number of rotatable bonds is 6. The standard InChI is InChI=1S/C29H30N4O2/c1-20-25-10-6-7-11-26(25)35-27(20)19-33(2)28(34)13-12-22-14-23-17-30-24(18-32-29(23)31-16-22)15-21-8-4-3-5-9-21/h3-14,16,24,30H,15,17-19H2,1-2H3,(H,31,32)/b13-12+. The highest BCUT2D eigenvalue weighted by atomic mass is 16.3. The van der Waals surface area contributed by atoms with Gasteiger partial charge in [0.1, 0.15) is 17.2 Å². The minimum Gasteiger partial charge on any atom is -0.459 e. The second-order valence-corrected chi connectivity index (χ2v) is 9.10. The van der Waals surface area contributed by atoms with Gasteiger partial charge in [-0.15, -0.1) is 0 Å². The Kier molecular flexibility index (Phi) is 6.64. The fourth-order valence-corrected chi connectivity index (χ4v) is 4.47. The van der Waals surface area contributed by atoms with Gasteiger partial charge in [-0.2, -0.15) is 0 Å². The van der Waals surface area contributed by atoms with Gasteiger partial charge in [-0.1, -0.05) is 48.5 Å². The number of nitrogens with one attached hydrogen (secondary N) is 2. The van der Waals surface area contributed by atoms with Gasteiger partial charge in [0, 0.05) is 55.0 Å². The van der Waals surface area contributed by atoms with Crippen molar-refractivity contribution < 1.29 is 9.21 Å². The van der Waals surface area contributed by atoms with Crippen LogP contribution in [-0.4, -0.2) is 35.4 Å². The normalized spacial score (nSPS) is 15.5. The van der Waals surface area contributed by atoms with Gasteiger partial charge in [0.15, 0.2) is 0 Å². The molecule has 0 radical (unpaired) electrons. The third kappa shape index (κ3) is 5.28. The van der Waals surface area contributed by atoms with Crippen LogP contribution in [0.15, 0.2) is 77.4 Å². The fraction of sp³-hybridized carbons (Fsp3) is 0.241. The molecule has 2 aromatic carbocycles. The van der Waals surface area contributed by atoms with E-state index >= 15 is 0 Å². The largest absolute Gasteiger partial charge is 0.459 e. The number of fused-ring (bicyclic) bond motifs is 2. The van der Waals surface area contributed by atoms with E-state index in [2.05, 4.69) is 45.9 Å². The third-order valence-electron chi connectivity index (χ3n) is 6.53. The van der Waals surface area contributed by atoms with Gasteiger partial charge in [-0.05, 0) is 42.7 Å². The summed E-state index contributed by atoms with van der Waals surface area (Å²) in [6, 6.07) is 20.9. The predicted molar refractivity (Wildman–Crippen MR) is 140 cm³/mol. The number of pyridine rings is 1. The molecule has 2 N–H and O–H groups in total. The molecule has 1 aliphatic rings. The van der Waals surface area contributed by atoms with Gasteiger partial charge >= 0.3 is 0 Å². The van der Waals surface area contributed by atoms with E-state index in [4.69, 9.17) is 4.42 Å². The number of anilines is 1. The molecule has 35 heavy (non-hydrogen) atoms. The zero-order valence-electron chi connectivity index (χ0n) is 20.1. The Bertz CT molecular complexity index is 1360. The van der Waals surface area contributed by atoms with Crippen LogP contribution in [0.2, 0.25) is 0 Å². The molecule has 2 aromatic heterocycles. The molecule has 0 aliphatic carbocycles. The SMILES string of the molecule is Cc1c(CN(C)C(=O)/C=C/c2cnc3c(c2)CNC(Cc2ccccc2)CN3)oc2ccccc12. The van der Waals surface area contributed by atoms with E-state index in [9.17, 15) is 4.79 Å². The Morgan fingerprint density at radius 2 is 1.97 bits per heavy atom. The van der Waals surface area contributed by atoms with Crippen molar-refractivity contribution in [2.45, 2.75) is 32.5 Å². The lowest BCUT2D eigenvalue weighted by Gasteiger charge is -2.15. The lowest BCUT2D eigenvalue weighted by atomic mass is 10.1. The molecule has 0 fully saturated rings. The fourth-order valence-electron chi connectivity index (χ4n) is 4.47. The number of hydrogen-bond donors (Lipinski definition) is 2. The molecule has 1 aliphatic heterocycles. The molecule has 6 heteroatoms. The molecule has 3 heterocycles. The molecular formula is C29H30N4O2. The molecule has 1 amide bonds. The Hall–Kier alpha value is -3.90. The maximum Gasteiger partial charge on any atom is 0.246 e. The number of nitrogens with zero attached hydrogens (tertiary/aromatic N) is 2. The first-order valence-corrected chi connectivity index (χ1v) is 12.0. The molecule has 1 unspecified atom stereocenters. The van der Waals surface area contributed by atoms with Crippen molar-refractivity contribution in [1.29, 1.82) is 0 Å². The lowest BCUT2D eigenvalue weighted by Crippen LogP contribution is -2.34. The molecule has 178 valence electrons. The quantitative estimate of drug-likeness (QED) is 0.394. The van der Waals surface area contributed by atoms with Crippen LogP contribution in [0.4, 0.5) is 5.82 Å². The first kappa shape index (κ1) is 22.9. The van der Waals surface area contributed by atoms with Crippen LogP contribution in [0, 0.1) is 6.92 Å². The van der Waals surface area contributed by atoms with Crippen molar-refractivity contribution >= 4 is 28.8 Å². The smallest absolute Gasteiger partial charge is 0.246 e. The topological polar surface area (TPSA) is 70.4 Å². The van der Waals surface area contributed by atoms with E-state index < -0.39 is 0 Å². The maximum absolute atomic E-state index is 12.8. The Morgan fingerprint density at radius 3 is 2.80 bits per heavy atom. The van der Waals surface area contributed by atoms with Gasteiger partial charge in [-0.25, -0.2) is 4.98 Å². The third-order valence-corrected chi connectivity index (χ3v) is 6.53. The van der Waals surface area contributed by atoms with Crippen LogP contribution in [0.3, 0.4) is 0 Å². The number of likely N-dealkylation sites (N-methyl/N-ethyl adjacent to an activating group) is 1. The van der Waals surface area contributed by atoms with Gasteiger partial charge in [0.05, 0.1) is 6.54 Å². The number of para-hydroxylation sites is 1. The Labute approximate surface area is 205 Å². The molecule has 1 atom stereocenters. The van der Waals surface area contributed by atoms with Crippen molar-refractivity contribution in [3.63, 3.8) is 0 Å². The number of hydrogen-bond acceptors (Lipinski definition) is 5. The second-order valence-electron chi connectivity index (χ2n) is 9.10. The first-order valence-electron chi connectivity index (χ1n) is 12.0. The van der Waals surface area contributed by atoms with Gasteiger partial charge < -0.3 is 20.0 Å². The highest BCUT2D eigenvalue weighted by Crippen LogP contribution is 2.26. The van der Waals surface area contributed by atoms with Crippen molar-refractivity contribution in [1.82, 2.24) is 15.2 Å². The number of carbonyl (C=O) groups excluding carboxylic acids is 1. The average molecular weight is 467 g/mol. The summed E-state index contributed by atoms with van der Waals surface area (Å²) in [4.78, 5) is 19.0. The van der Waals surface area contributed by atoms with Crippen LogP contribution in [-0.2, 0) is 24.3 Å². The van der Waals surface area contributed by atoms with Gasteiger partial charge in [-0.3, -0.25) is 4.79 Å². The first-order chi connectivity index (χ1) is 17.1.